The summed E-state index contributed by atoms with van der Waals surface area (Å²) in [5.41, 5.74) is 1.41. The number of aromatic nitrogens is 1. The molecule has 130 valence electrons. The number of carbonyl (C=O) groups excluding carboxylic acids is 1. The highest BCUT2D eigenvalue weighted by Crippen LogP contribution is 2.22. The number of rotatable bonds is 8. The number of para-hydroxylation sites is 1. The molecule has 0 radical (unpaired) electrons. The van der Waals surface area contributed by atoms with E-state index in [2.05, 4.69) is 5.32 Å². The van der Waals surface area contributed by atoms with Gasteiger partial charge in [0.15, 0.2) is 0 Å². The predicted molar refractivity (Wildman–Crippen MR) is 92.2 cm³/mol. The van der Waals surface area contributed by atoms with Crippen LogP contribution in [0.3, 0.4) is 0 Å². The average molecular weight is 332 g/mol. The number of carboxylic acid groups (broad SMARTS) is 1. The lowest BCUT2D eigenvalue weighted by Crippen LogP contribution is -2.45. The van der Waals surface area contributed by atoms with E-state index >= 15 is 0 Å². The van der Waals surface area contributed by atoms with E-state index in [1.807, 2.05) is 42.7 Å². The molecule has 24 heavy (non-hydrogen) atoms. The number of benzene rings is 1. The Balaban J connectivity index is 2.33. The number of carbonyl (C=O) groups is 2. The monoisotopic (exact) mass is 332 g/mol. The molecule has 1 heterocycles. The molecule has 2 aromatic rings. The Morgan fingerprint density at radius 3 is 2.67 bits per heavy atom. The van der Waals surface area contributed by atoms with Crippen molar-refractivity contribution < 1.29 is 19.4 Å². The number of hydrogen-bond donors (Lipinski definition) is 2. The average Bonchev–Trinajstić information content (AvgIpc) is 2.95. The van der Waals surface area contributed by atoms with Crippen LogP contribution in [-0.2, 0) is 16.1 Å². The van der Waals surface area contributed by atoms with Gasteiger partial charge in [-0.2, -0.15) is 0 Å². The minimum atomic E-state index is -1.01. The minimum Gasteiger partial charge on any atom is -0.480 e. The Kier molecular flexibility index (Phi) is 5.98. The molecule has 0 spiro atoms. The molecule has 0 saturated carbocycles. The lowest BCUT2D eigenvalue weighted by molar-refractivity contribution is -0.140. The molecule has 1 aromatic carbocycles. The molecule has 6 nitrogen and oxygen atoms in total. The van der Waals surface area contributed by atoms with E-state index in [4.69, 9.17) is 4.74 Å². The highest BCUT2D eigenvalue weighted by Gasteiger charge is 2.27. The normalized spacial score (nSPS) is 13.6. The van der Waals surface area contributed by atoms with Gasteiger partial charge in [-0.25, -0.2) is 4.79 Å². The number of nitrogens with zero attached hydrogens (tertiary/aromatic N) is 1. The Morgan fingerprint density at radius 2 is 2.04 bits per heavy atom. The molecule has 2 rings (SSSR count). The van der Waals surface area contributed by atoms with Gasteiger partial charge in [0.2, 0.25) is 0 Å². The molecule has 0 fully saturated rings. The molecule has 2 atom stereocenters. The van der Waals surface area contributed by atoms with Crippen LogP contribution in [-0.4, -0.2) is 41.3 Å². The Labute approximate surface area is 141 Å². The van der Waals surface area contributed by atoms with Crippen LogP contribution < -0.4 is 5.32 Å². The molecule has 1 amide bonds. The van der Waals surface area contributed by atoms with Gasteiger partial charge in [-0.3, -0.25) is 4.79 Å². The van der Waals surface area contributed by atoms with E-state index in [1.165, 1.54) is 0 Å². The summed E-state index contributed by atoms with van der Waals surface area (Å²) in [5, 5.41) is 12.8. The summed E-state index contributed by atoms with van der Waals surface area (Å²) in [6.45, 7) is 4.88. The number of hydrogen-bond acceptors (Lipinski definition) is 3. The zero-order valence-electron chi connectivity index (χ0n) is 14.3. The molecular formula is C18H24N2O4. The van der Waals surface area contributed by atoms with E-state index in [-0.39, 0.29) is 11.8 Å². The van der Waals surface area contributed by atoms with Gasteiger partial charge >= 0.3 is 5.97 Å². The second-order valence-electron chi connectivity index (χ2n) is 5.92. The van der Waals surface area contributed by atoms with E-state index in [0.29, 0.717) is 25.1 Å². The third-order valence-corrected chi connectivity index (χ3v) is 4.34. The first-order valence-corrected chi connectivity index (χ1v) is 8.10. The summed E-state index contributed by atoms with van der Waals surface area (Å²) in [4.78, 5) is 24.1. The number of carboxylic acids is 1. The molecule has 2 unspecified atom stereocenters. The van der Waals surface area contributed by atoms with Crippen LogP contribution in [0.4, 0.5) is 0 Å². The maximum atomic E-state index is 12.7. The van der Waals surface area contributed by atoms with Crippen LogP contribution in [0.1, 0.15) is 30.6 Å². The molecule has 2 N–H and O–H groups in total. The molecular weight excluding hydrogens is 308 g/mol. The Bertz CT molecular complexity index is 723. The summed E-state index contributed by atoms with van der Waals surface area (Å²) < 4.78 is 7.06. The van der Waals surface area contributed by atoms with Crippen molar-refractivity contribution in [3.8, 4) is 0 Å². The van der Waals surface area contributed by atoms with Crippen molar-refractivity contribution in [1.82, 2.24) is 9.88 Å². The van der Waals surface area contributed by atoms with E-state index < -0.39 is 12.0 Å². The van der Waals surface area contributed by atoms with Crippen molar-refractivity contribution >= 4 is 22.8 Å². The van der Waals surface area contributed by atoms with Crippen molar-refractivity contribution in [3.63, 3.8) is 0 Å². The van der Waals surface area contributed by atoms with Gasteiger partial charge in [-0.05, 0) is 12.0 Å². The van der Waals surface area contributed by atoms with Gasteiger partial charge in [-0.1, -0.05) is 38.5 Å². The number of ether oxygens (including phenoxy) is 1. The van der Waals surface area contributed by atoms with Crippen molar-refractivity contribution in [2.45, 2.75) is 32.9 Å². The molecule has 1 aromatic heterocycles. The maximum absolute atomic E-state index is 12.7. The first-order valence-electron chi connectivity index (χ1n) is 8.10. The van der Waals surface area contributed by atoms with Crippen LogP contribution >= 0.6 is 0 Å². The van der Waals surface area contributed by atoms with Crippen molar-refractivity contribution in [1.29, 1.82) is 0 Å². The fourth-order valence-corrected chi connectivity index (χ4v) is 2.70. The fraction of sp³-hybridized carbons (Fsp3) is 0.444. The first kappa shape index (κ1) is 18.0. The SMILES string of the molecule is CCC(C)C(NC(=O)c1cn(CCOC)c2ccccc12)C(=O)O. The minimum absolute atomic E-state index is 0.145. The number of nitrogens with one attached hydrogen (secondary N) is 1. The smallest absolute Gasteiger partial charge is 0.326 e. The van der Waals surface area contributed by atoms with Gasteiger partial charge in [0.05, 0.1) is 12.2 Å². The largest absolute Gasteiger partial charge is 0.480 e. The number of methoxy groups -OCH3 is 1. The molecule has 0 aliphatic rings. The summed E-state index contributed by atoms with van der Waals surface area (Å²) in [6.07, 6.45) is 2.43. The second-order valence-corrected chi connectivity index (χ2v) is 5.92. The van der Waals surface area contributed by atoms with Gasteiger partial charge in [0, 0.05) is 30.8 Å². The van der Waals surface area contributed by atoms with E-state index in [0.717, 1.165) is 10.9 Å². The van der Waals surface area contributed by atoms with Crippen molar-refractivity contribution in [2.75, 3.05) is 13.7 Å². The lowest BCUT2D eigenvalue weighted by atomic mass is 9.99. The van der Waals surface area contributed by atoms with Crippen LogP contribution in [0, 0.1) is 5.92 Å². The van der Waals surface area contributed by atoms with Gasteiger partial charge in [0.25, 0.3) is 5.91 Å². The van der Waals surface area contributed by atoms with E-state index in [9.17, 15) is 14.7 Å². The van der Waals surface area contributed by atoms with Crippen LogP contribution in [0.2, 0.25) is 0 Å². The molecule has 0 saturated heterocycles. The Hall–Kier alpha value is -2.34. The van der Waals surface area contributed by atoms with Crippen LogP contribution in [0.15, 0.2) is 30.5 Å². The summed E-state index contributed by atoms with van der Waals surface area (Å²) in [5.74, 6) is -1.52. The molecule has 0 bridgehead atoms. The predicted octanol–water partition coefficient (Wildman–Crippen LogP) is 2.52. The fourth-order valence-electron chi connectivity index (χ4n) is 2.70. The number of amides is 1. The summed E-state index contributed by atoms with van der Waals surface area (Å²) in [7, 11) is 1.63. The topological polar surface area (TPSA) is 80.6 Å². The van der Waals surface area contributed by atoms with Gasteiger partial charge in [-0.15, -0.1) is 0 Å². The van der Waals surface area contributed by atoms with Gasteiger partial charge in [0.1, 0.15) is 6.04 Å². The standard InChI is InChI=1S/C18H24N2O4/c1-4-12(2)16(18(22)23)19-17(21)14-11-20(9-10-24-3)15-8-6-5-7-13(14)15/h5-8,11-12,16H,4,9-10H2,1-3H3,(H,19,21)(H,22,23). The maximum Gasteiger partial charge on any atom is 0.326 e. The second kappa shape index (κ2) is 7.97. The van der Waals surface area contributed by atoms with Crippen LogP contribution in [0.5, 0.6) is 0 Å². The lowest BCUT2D eigenvalue weighted by Gasteiger charge is -2.19. The number of aliphatic carboxylic acids is 1. The quantitative estimate of drug-likeness (QED) is 0.778. The van der Waals surface area contributed by atoms with E-state index in [1.54, 1.807) is 13.3 Å². The Morgan fingerprint density at radius 1 is 1.33 bits per heavy atom. The van der Waals surface area contributed by atoms with Crippen LogP contribution in [0.25, 0.3) is 10.9 Å². The zero-order valence-corrected chi connectivity index (χ0v) is 14.3. The number of fused-ring (bicyclic) bond motifs is 1. The third-order valence-electron chi connectivity index (χ3n) is 4.34. The first-order chi connectivity index (χ1) is 11.5. The highest BCUT2D eigenvalue weighted by molar-refractivity contribution is 6.07. The zero-order chi connectivity index (χ0) is 17.7. The molecule has 0 aliphatic heterocycles. The highest BCUT2D eigenvalue weighted by atomic mass is 16.5. The van der Waals surface area contributed by atoms with Crippen molar-refractivity contribution in [3.05, 3.63) is 36.0 Å². The third kappa shape index (κ3) is 3.76. The summed E-state index contributed by atoms with van der Waals surface area (Å²) in [6, 6.07) is 6.68. The van der Waals surface area contributed by atoms with Gasteiger partial charge < -0.3 is 19.7 Å². The summed E-state index contributed by atoms with van der Waals surface area (Å²) >= 11 is 0. The van der Waals surface area contributed by atoms with Crippen molar-refractivity contribution in [2.24, 2.45) is 5.92 Å². The molecule has 0 aliphatic carbocycles. The molecule has 6 heteroatoms.